The molecule has 2 aliphatic rings. The highest BCUT2D eigenvalue weighted by atomic mass is 32.1. The summed E-state index contributed by atoms with van der Waals surface area (Å²) in [7, 11) is 1.74. The van der Waals surface area contributed by atoms with Gasteiger partial charge in [-0.15, -0.1) is 11.3 Å². The van der Waals surface area contributed by atoms with E-state index in [1.165, 1.54) is 10.9 Å². The van der Waals surface area contributed by atoms with Crippen molar-refractivity contribution >= 4 is 27.9 Å². The molecule has 2 aromatic rings. The third kappa shape index (κ3) is 4.00. The summed E-state index contributed by atoms with van der Waals surface area (Å²) in [5, 5.41) is 8.06. The summed E-state index contributed by atoms with van der Waals surface area (Å²) in [5.74, 6) is 0.796. The number of rotatable bonds is 3. The summed E-state index contributed by atoms with van der Waals surface area (Å²) < 4.78 is 19.0. The standard InChI is InChI=1S/C20H25FN4OS/c1-13-9-17-19(25-7-6-22-16(12-25)5-8-26-2)23-11-14-3-4-15(21)10-18(14)24-20(17)27-13/h3-4,9-10,16,22,24H,5-8,11-12H2,1-2H3/t16-/m0/s1. The molecule has 4 rings (SSSR count). The Bertz CT molecular complexity index is 851. The first kappa shape index (κ1) is 18.4. The molecule has 5 nitrogen and oxygen atoms in total. The van der Waals surface area contributed by atoms with Crippen LogP contribution < -0.4 is 10.6 Å². The van der Waals surface area contributed by atoms with E-state index in [2.05, 4.69) is 28.5 Å². The van der Waals surface area contributed by atoms with E-state index in [-0.39, 0.29) is 5.82 Å². The number of anilines is 2. The molecule has 2 aliphatic heterocycles. The maximum absolute atomic E-state index is 13.7. The lowest BCUT2D eigenvalue weighted by Crippen LogP contribution is -2.53. The smallest absolute Gasteiger partial charge is 0.134 e. The number of halogens is 1. The number of benzene rings is 1. The van der Waals surface area contributed by atoms with Crippen LogP contribution in [0.25, 0.3) is 0 Å². The van der Waals surface area contributed by atoms with E-state index in [1.54, 1.807) is 24.5 Å². The highest BCUT2D eigenvalue weighted by molar-refractivity contribution is 7.16. The molecule has 0 aliphatic carbocycles. The minimum atomic E-state index is -0.232. The Kier molecular flexibility index (Phi) is 5.43. The van der Waals surface area contributed by atoms with Gasteiger partial charge in [-0.05, 0) is 37.1 Å². The molecule has 1 saturated heterocycles. The molecule has 7 heteroatoms. The Morgan fingerprint density at radius 1 is 1.37 bits per heavy atom. The average Bonchev–Trinajstić information content (AvgIpc) is 3.00. The lowest BCUT2D eigenvalue weighted by molar-refractivity contribution is 0.168. The molecule has 0 unspecified atom stereocenters. The van der Waals surface area contributed by atoms with Gasteiger partial charge in [0.15, 0.2) is 0 Å². The van der Waals surface area contributed by atoms with Gasteiger partial charge in [-0.25, -0.2) is 4.39 Å². The number of hydrogen-bond donors (Lipinski definition) is 2. The zero-order valence-corrected chi connectivity index (χ0v) is 16.5. The summed E-state index contributed by atoms with van der Waals surface area (Å²) in [5.41, 5.74) is 2.93. The van der Waals surface area contributed by atoms with Gasteiger partial charge in [-0.2, -0.15) is 0 Å². The predicted molar refractivity (Wildman–Crippen MR) is 109 cm³/mol. The van der Waals surface area contributed by atoms with Gasteiger partial charge in [-0.1, -0.05) is 6.07 Å². The Hall–Kier alpha value is -1.96. The highest BCUT2D eigenvalue weighted by Gasteiger charge is 2.26. The van der Waals surface area contributed by atoms with E-state index in [1.807, 2.05) is 6.07 Å². The molecule has 1 aromatic heterocycles. The number of hydrogen-bond acceptors (Lipinski definition) is 6. The molecule has 0 radical (unpaired) electrons. The van der Waals surface area contributed by atoms with Crippen LogP contribution in [0.5, 0.6) is 0 Å². The second-order valence-corrected chi connectivity index (χ2v) is 8.30. The van der Waals surface area contributed by atoms with Crippen LogP contribution in [0.1, 0.15) is 22.4 Å². The van der Waals surface area contributed by atoms with Crippen LogP contribution in [0.15, 0.2) is 29.3 Å². The second kappa shape index (κ2) is 7.96. The molecule has 0 amide bonds. The number of aliphatic imine (C=N–C) groups is 1. The van der Waals surface area contributed by atoms with Gasteiger partial charge >= 0.3 is 0 Å². The number of ether oxygens (including phenoxy) is 1. The van der Waals surface area contributed by atoms with Crippen molar-refractivity contribution in [3.05, 3.63) is 46.1 Å². The number of aryl methyl sites for hydroxylation is 1. The Labute approximate surface area is 163 Å². The van der Waals surface area contributed by atoms with Gasteiger partial charge in [0.05, 0.1) is 12.1 Å². The molecule has 1 fully saturated rings. The van der Waals surface area contributed by atoms with Crippen LogP contribution >= 0.6 is 11.3 Å². The monoisotopic (exact) mass is 388 g/mol. The number of thiophene rings is 1. The SMILES string of the molecule is COCC[C@H]1CN(C2=NCc3ccc(F)cc3Nc3sc(C)cc32)CCN1. The number of nitrogens with one attached hydrogen (secondary N) is 2. The van der Waals surface area contributed by atoms with Gasteiger partial charge < -0.3 is 20.3 Å². The van der Waals surface area contributed by atoms with Crippen molar-refractivity contribution in [3.8, 4) is 0 Å². The third-order valence-electron chi connectivity index (χ3n) is 5.04. The minimum Gasteiger partial charge on any atom is -0.385 e. The lowest BCUT2D eigenvalue weighted by atomic mass is 10.1. The fourth-order valence-corrected chi connectivity index (χ4v) is 4.61. The number of fused-ring (bicyclic) bond motifs is 2. The van der Waals surface area contributed by atoms with Gasteiger partial charge in [0.25, 0.3) is 0 Å². The first-order chi connectivity index (χ1) is 13.1. The number of nitrogens with zero attached hydrogens (tertiary/aromatic N) is 2. The summed E-state index contributed by atoms with van der Waals surface area (Å²) >= 11 is 1.69. The van der Waals surface area contributed by atoms with E-state index in [9.17, 15) is 4.39 Å². The van der Waals surface area contributed by atoms with Crippen molar-refractivity contribution in [1.82, 2.24) is 10.2 Å². The summed E-state index contributed by atoms with van der Waals surface area (Å²) in [4.78, 5) is 8.56. The fourth-order valence-electron chi connectivity index (χ4n) is 3.69. The van der Waals surface area contributed by atoms with Crippen molar-refractivity contribution in [2.75, 3.05) is 38.7 Å². The van der Waals surface area contributed by atoms with Crippen molar-refractivity contribution in [2.45, 2.75) is 25.9 Å². The molecule has 0 saturated carbocycles. The molecular formula is C20H25FN4OS. The molecule has 144 valence electrons. The number of amidine groups is 1. The maximum atomic E-state index is 13.7. The molecule has 27 heavy (non-hydrogen) atoms. The molecule has 0 bridgehead atoms. The van der Waals surface area contributed by atoms with Crippen molar-refractivity contribution < 1.29 is 9.13 Å². The molecule has 3 heterocycles. The summed E-state index contributed by atoms with van der Waals surface area (Å²) in [6, 6.07) is 7.46. The van der Waals surface area contributed by atoms with E-state index < -0.39 is 0 Å². The van der Waals surface area contributed by atoms with Crippen molar-refractivity contribution in [2.24, 2.45) is 4.99 Å². The Morgan fingerprint density at radius 3 is 3.11 bits per heavy atom. The lowest BCUT2D eigenvalue weighted by Gasteiger charge is -2.36. The van der Waals surface area contributed by atoms with Crippen LogP contribution in [-0.2, 0) is 11.3 Å². The largest absolute Gasteiger partial charge is 0.385 e. The molecule has 1 atom stereocenters. The first-order valence-electron chi connectivity index (χ1n) is 9.32. The summed E-state index contributed by atoms with van der Waals surface area (Å²) in [6.07, 6.45) is 0.982. The van der Waals surface area contributed by atoms with Crippen LogP contribution in [0.2, 0.25) is 0 Å². The van der Waals surface area contributed by atoms with Gasteiger partial charge in [0.1, 0.15) is 16.7 Å². The Balaban J connectivity index is 1.67. The van der Waals surface area contributed by atoms with Crippen LogP contribution in [-0.4, -0.2) is 50.1 Å². The fraction of sp³-hybridized carbons (Fsp3) is 0.450. The van der Waals surface area contributed by atoms with E-state index >= 15 is 0 Å². The molecular weight excluding hydrogens is 363 g/mol. The average molecular weight is 389 g/mol. The van der Waals surface area contributed by atoms with Gasteiger partial charge in [-0.3, -0.25) is 4.99 Å². The third-order valence-corrected chi connectivity index (χ3v) is 6.01. The highest BCUT2D eigenvalue weighted by Crippen LogP contribution is 2.35. The molecule has 0 spiro atoms. The molecule has 2 N–H and O–H groups in total. The zero-order chi connectivity index (χ0) is 18.8. The quantitative estimate of drug-likeness (QED) is 0.845. The number of methoxy groups -OCH3 is 1. The zero-order valence-electron chi connectivity index (χ0n) is 15.7. The van der Waals surface area contributed by atoms with Crippen LogP contribution in [0.3, 0.4) is 0 Å². The topological polar surface area (TPSA) is 48.9 Å². The van der Waals surface area contributed by atoms with Crippen molar-refractivity contribution in [3.63, 3.8) is 0 Å². The summed E-state index contributed by atoms with van der Waals surface area (Å²) in [6.45, 7) is 6.15. The van der Waals surface area contributed by atoms with Crippen molar-refractivity contribution in [1.29, 1.82) is 0 Å². The van der Waals surface area contributed by atoms with E-state index in [4.69, 9.17) is 9.73 Å². The number of piperazine rings is 1. The van der Waals surface area contributed by atoms with Gasteiger partial charge in [0.2, 0.25) is 0 Å². The Morgan fingerprint density at radius 2 is 2.26 bits per heavy atom. The van der Waals surface area contributed by atoms with Crippen LogP contribution in [0.4, 0.5) is 15.1 Å². The normalized spacial score (nSPS) is 19.4. The minimum absolute atomic E-state index is 0.232. The predicted octanol–water partition coefficient (Wildman–Crippen LogP) is 3.51. The van der Waals surface area contributed by atoms with Gasteiger partial charge in [0, 0.05) is 50.0 Å². The van der Waals surface area contributed by atoms with E-state index in [0.717, 1.165) is 60.3 Å². The first-order valence-corrected chi connectivity index (χ1v) is 10.1. The maximum Gasteiger partial charge on any atom is 0.134 e. The van der Waals surface area contributed by atoms with Crippen LogP contribution in [0, 0.1) is 12.7 Å². The molecule has 1 aromatic carbocycles. The van der Waals surface area contributed by atoms with E-state index in [0.29, 0.717) is 12.6 Å². The second-order valence-electron chi connectivity index (χ2n) is 7.04.